The second-order valence-corrected chi connectivity index (χ2v) is 7.64. The average molecular weight is 260 g/mol. The molecular weight excluding hydrogens is 232 g/mol. The summed E-state index contributed by atoms with van der Waals surface area (Å²) in [5, 5.41) is 9.56. The largest absolute Gasteiger partial charge is 0.327 e. The summed E-state index contributed by atoms with van der Waals surface area (Å²) >= 11 is 0. The number of nitrogens with zero attached hydrogens (tertiary/aromatic N) is 1. The molecule has 0 heterocycles. The van der Waals surface area contributed by atoms with Crippen LogP contribution in [0.4, 0.5) is 0 Å². The highest BCUT2D eigenvalue weighted by atomic mass is 14.8. The van der Waals surface area contributed by atoms with Crippen LogP contribution in [0.5, 0.6) is 0 Å². The van der Waals surface area contributed by atoms with Crippen molar-refractivity contribution < 1.29 is 0 Å². The fourth-order valence-corrected chi connectivity index (χ4v) is 5.50. The van der Waals surface area contributed by atoms with Gasteiger partial charge in [-0.1, -0.05) is 39.5 Å². The Labute approximate surface area is 117 Å². The minimum Gasteiger partial charge on any atom is -0.327 e. The highest BCUT2D eigenvalue weighted by molar-refractivity contribution is 5.28. The number of fused-ring (bicyclic) bond motifs is 1. The molecule has 7 unspecified atom stereocenters. The van der Waals surface area contributed by atoms with Crippen molar-refractivity contribution in [2.45, 2.75) is 64.8 Å². The predicted octanol–water partition coefficient (Wildman–Crippen LogP) is 3.72. The number of rotatable bonds is 3. The van der Waals surface area contributed by atoms with Crippen LogP contribution in [0.15, 0.2) is 0 Å². The van der Waals surface area contributed by atoms with Gasteiger partial charge in [-0.15, -0.1) is 0 Å². The molecule has 0 aromatic rings. The second-order valence-electron chi connectivity index (χ2n) is 7.64. The van der Waals surface area contributed by atoms with E-state index in [4.69, 9.17) is 5.73 Å². The molecule has 2 heteroatoms. The van der Waals surface area contributed by atoms with Gasteiger partial charge in [0.05, 0.1) is 11.5 Å². The molecule has 19 heavy (non-hydrogen) atoms. The zero-order valence-electron chi connectivity index (χ0n) is 12.4. The molecule has 0 bridgehead atoms. The molecule has 0 aromatic heterocycles. The Morgan fingerprint density at radius 1 is 1.32 bits per heavy atom. The zero-order valence-corrected chi connectivity index (χ0v) is 12.4. The van der Waals surface area contributed by atoms with Crippen molar-refractivity contribution in [2.75, 3.05) is 0 Å². The summed E-state index contributed by atoms with van der Waals surface area (Å²) in [4.78, 5) is 0. The zero-order chi connectivity index (χ0) is 13.6. The van der Waals surface area contributed by atoms with Crippen molar-refractivity contribution in [3.8, 4) is 6.07 Å². The molecule has 3 fully saturated rings. The first-order valence-electron chi connectivity index (χ1n) is 8.27. The van der Waals surface area contributed by atoms with Crippen LogP contribution in [0.2, 0.25) is 0 Å². The molecule has 0 saturated heterocycles. The number of hydrogen-bond donors (Lipinski definition) is 1. The van der Waals surface area contributed by atoms with Crippen LogP contribution in [0.1, 0.15) is 58.8 Å². The van der Waals surface area contributed by atoms with Gasteiger partial charge in [-0.2, -0.15) is 5.26 Å². The lowest BCUT2D eigenvalue weighted by Gasteiger charge is -2.31. The Bertz CT molecular complexity index is 385. The fraction of sp³-hybridized carbons (Fsp3) is 0.941. The molecule has 0 spiro atoms. The summed E-state index contributed by atoms with van der Waals surface area (Å²) in [5.41, 5.74) is 6.20. The third kappa shape index (κ3) is 2.02. The van der Waals surface area contributed by atoms with E-state index >= 15 is 0 Å². The first kappa shape index (κ1) is 13.4. The van der Waals surface area contributed by atoms with E-state index in [1.807, 2.05) is 0 Å². The fourth-order valence-electron chi connectivity index (χ4n) is 5.50. The molecule has 0 aliphatic heterocycles. The molecule has 7 atom stereocenters. The van der Waals surface area contributed by atoms with Gasteiger partial charge in [0.25, 0.3) is 0 Å². The minimum atomic E-state index is -0.0171. The quantitative estimate of drug-likeness (QED) is 0.841. The summed E-state index contributed by atoms with van der Waals surface area (Å²) in [6.07, 6.45) is 9.12. The van der Waals surface area contributed by atoms with Crippen LogP contribution in [-0.4, -0.2) is 6.04 Å². The average Bonchev–Trinajstić information content (AvgIpc) is 2.98. The van der Waals surface area contributed by atoms with Gasteiger partial charge in [0.15, 0.2) is 0 Å². The summed E-state index contributed by atoms with van der Waals surface area (Å²) < 4.78 is 0. The molecular formula is C17H28N2. The van der Waals surface area contributed by atoms with E-state index in [2.05, 4.69) is 19.9 Å². The number of nitrogens with two attached hydrogens (primary N) is 1. The van der Waals surface area contributed by atoms with E-state index in [1.54, 1.807) is 0 Å². The SMILES string of the molecule is CC1CCCCC1CC(C)C1C2C(N)CCC12C#N. The topological polar surface area (TPSA) is 49.8 Å². The van der Waals surface area contributed by atoms with Gasteiger partial charge in [-0.05, 0) is 48.9 Å². The smallest absolute Gasteiger partial charge is 0.0696 e. The molecule has 0 aromatic carbocycles. The summed E-state index contributed by atoms with van der Waals surface area (Å²) in [6.45, 7) is 4.81. The molecule has 2 nitrogen and oxygen atoms in total. The third-order valence-electron chi connectivity index (χ3n) is 6.60. The Morgan fingerprint density at radius 3 is 2.68 bits per heavy atom. The van der Waals surface area contributed by atoms with Crippen LogP contribution in [-0.2, 0) is 0 Å². The maximum atomic E-state index is 9.56. The van der Waals surface area contributed by atoms with Gasteiger partial charge < -0.3 is 5.73 Å². The minimum absolute atomic E-state index is 0.0171. The molecule has 106 valence electrons. The van der Waals surface area contributed by atoms with Gasteiger partial charge >= 0.3 is 0 Å². The molecule has 2 N–H and O–H groups in total. The summed E-state index contributed by atoms with van der Waals surface area (Å²) in [5.74, 6) is 3.61. The van der Waals surface area contributed by atoms with Crippen molar-refractivity contribution in [2.24, 2.45) is 40.7 Å². The van der Waals surface area contributed by atoms with Crippen molar-refractivity contribution in [1.82, 2.24) is 0 Å². The van der Waals surface area contributed by atoms with Crippen molar-refractivity contribution in [3.63, 3.8) is 0 Å². The van der Waals surface area contributed by atoms with Crippen LogP contribution < -0.4 is 5.73 Å². The Hall–Kier alpha value is -0.550. The molecule has 3 aliphatic carbocycles. The summed E-state index contributed by atoms with van der Waals surface area (Å²) in [7, 11) is 0. The first-order valence-corrected chi connectivity index (χ1v) is 8.27. The van der Waals surface area contributed by atoms with E-state index in [1.165, 1.54) is 32.1 Å². The molecule has 3 rings (SSSR count). The highest BCUT2D eigenvalue weighted by Gasteiger charge is 2.71. The predicted molar refractivity (Wildman–Crippen MR) is 77.1 cm³/mol. The third-order valence-corrected chi connectivity index (χ3v) is 6.60. The van der Waals surface area contributed by atoms with Crippen LogP contribution in [0.3, 0.4) is 0 Å². The standard InChI is InChI=1S/C17H28N2/c1-11-5-3-4-6-13(11)9-12(2)15-16-14(19)7-8-17(15,16)10-18/h11-16H,3-9,19H2,1-2H3. The summed E-state index contributed by atoms with van der Waals surface area (Å²) in [6, 6.07) is 2.95. The maximum Gasteiger partial charge on any atom is 0.0696 e. The van der Waals surface area contributed by atoms with E-state index in [0.717, 1.165) is 24.7 Å². The molecule has 3 aliphatic rings. The number of nitriles is 1. The lowest BCUT2D eigenvalue weighted by molar-refractivity contribution is 0.197. The van der Waals surface area contributed by atoms with Crippen molar-refractivity contribution in [1.29, 1.82) is 5.26 Å². The lowest BCUT2D eigenvalue weighted by Crippen LogP contribution is -2.24. The van der Waals surface area contributed by atoms with Gasteiger partial charge in [0.2, 0.25) is 0 Å². The normalized spacial score (nSPS) is 50.3. The van der Waals surface area contributed by atoms with E-state index < -0.39 is 0 Å². The Morgan fingerprint density at radius 2 is 2.05 bits per heavy atom. The second kappa shape index (κ2) is 4.77. The van der Waals surface area contributed by atoms with Crippen LogP contribution >= 0.6 is 0 Å². The maximum absolute atomic E-state index is 9.56. The Balaban J connectivity index is 1.63. The monoisotopic (exact) mass is 260 g/mol. The lowest BCUT2D eigenvalue weighted by atomic mass is 9.74. The van der Waals surface area contributed by atoms with Gasteiger partial charge in [-0.3, -0.25) is 0 Å². The van der Waals surface area contributed by atoms with E-state index in [-0.39, 0.29) is 5.41 Å². The van der Waals surface area contributed by atoms with Gasteiger partial charge in [-0.25, -0.2) is 0 Å². The van der Waals surface area contributed by atoms with Crippen molar-refractivity contribution in [3.05, 3.63) is 0 Å². The molecule has 3 saturated carbocycles. The van der Waals surface area contributed by atoms with Gasteiger partial charge in [0, 0.05) is 6.04 Å². The van der Waals surface area contributed by atoms with Crippen LogP contribution in [0.25, 0.3) is 0 Å². The number of hydrogen-bond acceptors (Lipinski definition) is 2. The van der Waals surface area contributed by atoms with Crippen molar-refractivity contribution >= 4 is 0 Å². The first-order chi connectivity index (χ1) is 9.10. The molecule has 0 radical (unpaired) electrons. The van der Waals surface area contributed by atoms with E-state index in [0.29, 0.717) is 23.8 Å². The Kier molecular flexibility index (Phi) is 3.38. The van der Waals surface area contributed by atoms with Crippen LogP contribution in [0, 0.1) is 46.3 Å². The molecule has 0 amide bonds. The highest BCUT2D eigenvalue weighted by Crippen LogP contribution is 2.70. The van der Waals surface area contributed by atoms with E-state index in [9.17, 15) is 5.26 Å². The van der Waals surface area contributed by atoms with Gasteiger partial charge in [0.1, 0.15) is 0 Å².